The lowest BCUT2D eigenvalue weighted by atomic mass is 10.0. The number of nitrogens with zero attached hydrogens (tertiary/aromatic N) is 1. The van der Waals surface area contributed by atoms with E-state index in [0.717, 1.165) is 16.7 Å². The zero-order valence-electron chi connectivity index (χ0n) is 12.2. The number of rotatable bonds is 5. The minimum atomic E-state index is -0.203. The van der Waals surface area contributed by atoms with Crippen molar-refractivity contribution in [3.63, 3.8) is 0 Å². The van der Waals surface area contributed by atoms with Gasteiger partial charge in [0, 0.05) is 24.5 Å². The molecule has 104 valence electrons. The number of carbonyl (C=O) groups is 1. The molecule has 0 radical (unpaired) electrons. The molecule has 1 aromatic carbocycles. The average molecular weight is 268 g/mol. The van der Waals surface area contributed by atoms with Gasteiger partial charge in [0.15, 0.2) is 5.78 Å². The predicted molar refractivity (Wildman–Crippen MR) is 80.8 cm³/mol. The third-order valence-electron chi connectivity index (χ3n) is 3.55. The lowest BCUT2D eigenvalue weighted by molar-refractivity contribution is 0.0950. The van der Waals surface area contributed by atoms with E-state index in [1.54, 1.807) is 12.4 Å². The van der Waals surface area contributed by atoms with Gasteiger partial charge in [-0.2, -0.15) is 0 Å². The van der Waals surface area contributed by atoms with E-state index in [1.165, 1.54) is 5.56 Å². The number of nitrogens with one attached hydrogen (secondary N) is 1. The Labute approximate surface area is 120 Å². The SMILES string of the molecule is Cc1ccc(C(=O)C(C)NCc2ccncc2)cc1C. The van der Waals surface area contributed by atoms with Crippen LogP contribution in [-0.2, 0) is 6.54 Å². The number of hydrogen-bond donors (Lipinski definition) is 1. The van der Waals surface area contributed by atoms with Crippen molar-refractivity contribution in [2.24, 2.45) is 0 Å². The fourth-order valence-corrected chi connectivity index (χ4v) is 2.01. The second-order valence-electron chi connectivity index (χ2n) is 5.12. The highest BCUT2D eigenvalue weighted by Crippen LogP contribution is 2.12. The maximum absolute atomic E-state index is 12.4. The lowest BCUT2D eigenvalue weighted by Gasteiger charge is -2.13. The largest absolute Gasteiger partial charge is 0.303 e. The van der Waals surface area contributed by atoms with Crippen LogP contribution in [0.3, 0.4) is 0 Å². The number of pyridine rings is 1. The Balaban J connectivity index is 1.99. The van der Waals surface area contributed by atoms with E-state index in [2.05, 4.69) is 17.2 Å². The van der Waals surface area contributed by atoms with Crippen LogP contribution in [0.2, 0.25) is 0 Å². The van der Waals surface area contributed by atoms with Gasteiger partial charge in [-0.3, -0.25) is 9.78 Å². The van der Waals surface area contributed by atoms with Gasteiger partial charge in [-0.15, -0.1) is 0 Å². The summed E-state index contributed by atoms with van der Waals surface area (Å²) in [7, 11) is 0. The van der Waals surface area contributed by atoms with Crippen molar-refractivity contribution >= 4 is 5.78 Å². The molecule has 1 N–H and O–H groups in total. The summed E-state index contributed by atoms with van der Waals surface area (Å²) in [6, 6.07) is 9.54. The molecule has 2 rings (SSSR count). The van der Waals surface area contributed by atoms with Gasteiger partial charge in [-0.1, -0.05) is 12.1 Å². The molecule has 3 heteroatoms. The number of benzene rings is 1. The number of Topliss-reactive ketones (excluding diaryl/α,β-unsaturated/α-hetero) is 1. The van der Waals surface area contributed by atoms with Crippen LogP contribution in [0.15, 0.2) is 42.7 Å². The fourth-order valence-electron chi connectivity index (χ4n) is 2.01. The average Bonchev–Trinajstić information content (AvgIpc) is 2.48. The molecule has 0 aliphatic heterocycles. The molecule has 1 atom stereocenters. The molecular formula is C17H20N2O. The van der Waals surface area contributed by atoms with Gasteiger partial charge >= 0.3 is 0 Å². The second-order valence-corrected chi connectivity index (χ2v) is 5.12. The fraction of sp³-hybridized carbons (Fsp3) is 0.294. The van der Waals surface area contributed by atoms with E-state index in [9.17, 15) is 4.79 Å². The summed E-state index contributed by atoms with van der Waals surface area (Å²) in [6.07, 6.45) is 3.51. The summed E-state index contributed by atoms with van der Waals surface area (Å²) in [5.74, 6) is 0.127. The van der Waals surface area contributed by atoms with Crippen LogP contribution >= 0.6 is 0 Å². The van der Waals surface area contributed by atoms with E-state index in [4.69, 9.17) is 0 Å². The number of ketones is 1. The molecule has 0 saturated carbocycles. The van der Waals surface area contributed by atoms with Crippen molar-refractivity contribution in [1.29, 1.82) is 0 Å². The summed E-state index contributed by atoms with van der Waals surface area (Å²) >= 11 is 0. The number of hydrogen-bond acceptors (Lipinski definition) is 3. The van der Waals surface area contributed by atoms with Crippen LogP contribution in [0.25, 0.3) is 0 Å². The maximum atomic E-state index is 12.4. The van der Waals surface area contributed by atoms with Crippen molar-refractivity contribution in [3.05, 3.63) is 65.0 Å². The first-order chi connectivity index (χ1) is 9.58. The quantitative estimate of drug-likeness (QED) is 0.847. The monoisotopic (exact) mass is 268 g/mol. The maximum Gasteiger partial charge on any atom is 0.179 e. The third kappa shape index (κ3) is 3.52. The first-order valence-electron chi connectivity index (χ1n) is 6.81. The molecule has 0 aliphatic carbocycles. The number of carbonyl (C=O) groups excluding carboxylic acids is 1. The molecular weight excluding hydrogens is 248 g/mol. The van der Waals surface area contributed by atoms with E-state index in [1.807, 2.05) is 44.2 Å². The molecule has 0 amide bonds. The van der Waals surface area contributed by atoms with Crippen LogP contribution in [0, 0.1) is 13.8 Å². The molecule has 0 aliphatic rings. The Bertz CT molecular complexity index is 593. The summed E-state index contributed by atoms with van der Waals surface area (Å²) in [4.78, 5) is 16.3. The first kappa shape index (κ1) is 14.4. The molecule has 3 nitrogen and oxygen atoms in total. The molecule has 1 unspecified atom stereocenters. The molecule has 0 fully saturated rings. The Morgan fingerprint density at radius 3 is 2.50 bits per heavy atom. The predicted octanol–water partition coefficient (Wildman–Crippen LogP) is 3.06. The highest BCUT2D eigenvalue weighted by atomic mass is 16.1. The highest BCUT2D eigenvalue weighted by molar-refractivity contribution is 6.00. The molecule has 1 heterocycles. The van der Waals surface area contributed by atoms with E-state index in [0.29, 0.717) is 6.54 Å². The lowest BCUT2D eigenvalue weighted by Crippen LogP contribution is -2.33. The summed E-state index contributed by atoms with van der Waals surface area (Å²) in [5.41, 5.74) is 4.25. The van der Waals surface area contributed by atoms with E-state index >= 15 is 0 Å². The van der Waals surface area contributed by atoms with Gasteiger partial charge in [-0.05, 0) is 55.7 Å². The van der Waals surface area contributed by atoms with Crippen molar-refractivity contribution in [2.75, 3.05) is 0 Å². The van der Waals surface area contributed by atoms with Crippen LogP contribution in [0.4, 0.5) is 0 Å². The molecule has 0 saturated heterocycles. The molecule has 2 aromatic rings. The van der Waals surface area contributed by atoms with Gasteiger partial charge in [0.2, 0.25) is 0 Å². The number of aryl methyl sites for hydroxylation is 2. The minimum Gasteiger partial charge on any atom is -0.303 e. The zero-order valence-corrected chi connectivity index (χ0v) is 12.2. The topological polar surface area (TPSA) is 42.0 Å². The molecule has 0 bridgehead atoms. The zero-order chi connectivity index (χ0) is 14.5. The van der Waals surface area contributed by atoms with Crippen molar-refractivity contribution < 1.29 is 4.79 Å². The van der Waals surface area contributed by atoms with Gasteiger partial charge in [0.1, 0.15) is 0 Å². The van der Waals surface area contributed by atoms with Crippen LogP contribution in [0.5, 0.6) is 0 Å². The van der Waals surface area contributed by atoms with Crippen molar-refractivity contribution in [3.8, 4) is 0 Å². The summed E-state index contributed by atoms with van der Waals surface area (Å²) < 4.78 is 0. The van der Waals surface area contributed by atoms with Gasteiger partial charge in [0.25, 0.3) is 0 Å². The smallest absolute Gasteiger partial charge is 0.179 e. The number of aromatic nitrogens is 1. The molecule has 1 aromatic heterocycles. The molecule has 0 spiro atoms. The Kier molecular flexibility index (Phi) is 4.64. The minimum absolute atomic E-state index is 0.127. The second kappa shape index (κ2) is 6.44. The van der Waals surface area contributed by atoms with Crippen LogP contribution in [-0.4, -0.2) is 16.8 Å². The standard InChI is InChI=1S/C17H20N2O/c1-12-4-5-16(10-13(12)2)17(20)14(3)19-11-15-6-8-18-9-7-15/h4-10,14,19H,11H2,1-3H3. The normalized spacial score (nSPS) is 12.2. The Morgan fingerprint density at radius 1 is 1.15 bits per heavy atom. The first-order valence-corrected chi connectivity index (χ1v) is 6.81. The van der Waals surface area contributed by atoms with Crippen LogP contribution < -0.4 is 5.32 Å². The summed E-state index contributed by atoms with van der Waals surface area (Å²) in [5, 5.41) is 3.25. The van der Waals surface area contributed by atoms with Crippen molar-refractivity contribution in [1.82, 2.24) is 10.3 Å². The highest BCUT2D eigenvalue weighted by Gasteiger charge is 2.14. The van der Waals surface area contributed by atoms with Gasteiger partial charge in [0.05, 0.1) is 6.04 Å². The van der Waals surface area contributed by atoms with E-state index in [-0.39, 0.29) is 11.8 Å². The van der Waals surface area contributed by atoms with Crippen LogP contribution in [0.1, 0.15) is 34.0 Å². The third-order valence-corrected chi connectivity index (χ3v) is 3.55. The Hall–Kier alpha value is -2.00. The molecule has 20 heavy (non-hydrogen) atoms. The van der Waals surface area contributed by atoms with E-state index < -0.39 is 0 Å². The van der Waals surface area contributed by atoms with Gasteiger partial charge < -0.3 is 5.32 Å². The van der Waals surface area contributed by atoms with Crippen molar-refractivity contribution in [2.45, 2.75) is 33.4 Å². The summed E-state index contributed by atoms with van der Waals surface area (Å²) in [6.45, 7) is 6.65. The Morgan fingerprint density at radius 2 is 1.85 bits per heavy atom. The van der Waals surface area contributed by atoms with Gasteiger partial charge in [-0.25, -0.2) is 0 Å².